The predicted molar refractivity (Wildman–Crippen MR) is 126 cm³/mol. The molecular weight excluding hydrogens is 424 g/mol. The molecule has 0 saturated carbocycles. The zero-order valence-electron chi connectivity index (χ0n) is 18.2. The van der Waals surface area contributed by atoms with Crippen LogP contribution >= 0.6 is 11.8 Å². The second-order valence-corrected chi connectivity index (χ2v) is 10.1. The Morgan fingerprint density at radius 1 is 1.16 bits per heavy atom. The number of hydrogen-bond donors (Lipinski definition) is 4. The summed E-state index contributed by atoms with van der Waals surface area (Å²) in [6.07, 6.45) is 5.18. The highest BCUT2D eigenvalue weighted by Crippen LogP contribution is 2.55. The maximum atomic E-state index is 11.1. The first-order chi connectivity index (χ1) is 15.4. The molecule has 4 rings (SSSR count). The number of benzene rings is 2. The summed E-state index contributed by atoms with van der Waals surface area (Å²) in [4.78, 5) is 0. The van der Waals surface area contributed by atoms with Crippen LogP contribution in [0.2, 0.25) is 0 Å². The Hall–Kier alpha value is -2.01. The Labute approximate surface area is 193 Å². The van der Waals surface area contributed by atoms with Gasteiger partial charge in [0.05, 0.1) is 29.3 Å². The van der Waals surface area contributed by atoms with Gasteiger partial charge in [0.1, 0.15) is 18.0 Å². The van der Waals surface area contributed by atoms with Gasteiger partial charge in [0, 0.05) is 5.56 Å². The van der Waals surface area contributed by atoms with E-state index in [1.165, 1.54) is 11.8 Å². The van der Waals surface area contributed by atoms with Crippen LogP contribution in [0.15, 0.2) is 36.4 Å². The van der Waals surface area contributed by atoms with Crippen LogP contribution in [-0.4, -0.2) is 57.2 Å². The molecule has 1 spiro atoms. The molecule has 1 aliphatic carbocycles. The van der Waals surface area contributed by atoms with Crippen LogP contribution in [0.25, 0.3) is 0 Å². The van der Waals surface area contributed by atoms with Crippen molar-refractivity contribution in [3.05, 3.63) is 64.2 Å². The van der Waals surface area contributed by atoms with Crippen molar-refractivity contribution in [1.82, 2.24) is 0 Å². The van der Waals surface area contributed by atoms with Crippen LogP contribution in [0.3, 0.4) is 0 Å². The molecule has 6 heteroatoms. The minimum Gasteiger partial charge on any atom is -0.494 e. The first-order valence-electron chi connectivity index (χ1n) is 11.1. The summed E-state index contributed by atoms with van der Waals surface area (Å²) < 4.78 is 4.74. The summed E-state index contributed by atoms with van der Waals surface area (Å²) in [6.45, 7) is 2.29. The molecule has 0 amide bonds. The van der Waals surface area contributed by atoms with E-state index in [0.717, 1.165) is 46.4 Å². The second kappa shape index (κ2) is 9.46. The van der Waals surface area contributed by atoms with Gasteiger partial charge in [-0.25, -0.2) is 0 Å². The average Bonchev–Trinajstić information content (AvgIpc) is 2.81. The highest BCUT2D eigenvalue weighted by atomic mass is 32.2. The van der Waals surface area contributed by atoms with Gasteiger partial charge in [0.2, 0.25) is 0 Å². The molecule has 1 aliphatic heterocycles. The highest BCUT2D eigenvalue weighted by Gasteiger charge is 2.54. The summed E-state index contributed by atoms with van der Waals surface area (Å²) in [7, 11) is 0. The largest absolute Gasteiger partial charge is 0.494 e. The van der Waals surface area contributed by atoms with E-state index in [4.69, 9.17) is 11.2 Å². The SMILES string of the molecule is C#Cc1cc2c(cc1Cc1ccc(OCC)cc1)[C@]1(CCC2)S[C@H](CO)[C@@H](O)[C@H](O)[C@H]1O. The minimum absolute atomic E-state index is 0.270. The fourth-order valence-corrected chi connectivity index (χ4v) is 6.78. The van der Waals surface area contributed by atoms with Gasteiger partial charge in [-0.3, -0.25) is 0 Å². The van der Waals surface area contributed by atoms with Crippen LogP contribution in [0, 0.1) is 12.3 Å². The Morgan fingerprint density at radius 2 is 1.91 bits per heavy atom. The Balaban J connectivity index is 1.75. The monoisotopic (exact) mass is 454 g/mol. The zero-order chi connectivity index (χ0) is 22.9. The van der Waals surface area contributed by atoms with Crippen LogP contribution in [0.1, 0.15) is 47.6 Å². The molecule has 2 aromatic rings. The molecule has 1 saturated heterocycles. The van der Waals surface area contributed by atoms with Gasteiger partial charge in [-0.15, -0.1) is 18.2 Å². The van der Waals surface area contributed by atoms with Gasteiger partial charge in [-0.05, 0) is 73.1 Å². The number of rotatable bonds is 5. The maximum Gasteiger partial charge on any atom is 0.119 e. The molecule has 4 N–H and O–H groups in total. The Morgan fingerprint density at radius 3 is 2.56 bits per heavy atom. The minimum atomic E-state index is -1.32. The van der Waals surface area contributed by atoms with Crippen LogP contribution < -0.4 is 4.74 Å². The number of aryl methyl sites for hydroxylation is 1. The fraction of sp³-hybridized carbons (Fsp3) is 0.462. The molecule has 0 unspecified atom stereocenters. The van der Waals surface area contributed by atoms with E-state index in [1.54, 1.807) is 0 Å². The molecular formula is C26H30O5S. The number of aliphatic hydroxyl groups is 4. The molecule has 170 valence electrons. The molecule has 1 heterocycles. The van der Waals surface area contributed by atoms with Crippen molar-refractivity contribution < 1.29 is 25.2 Å². The first-order valence-corrected chi connectivity index (χ1v) is 12.0. The third kappa shape index (κ3) is 4.05. The van der Waals surface area contributed by atoms with E-state index in [0.29, 0.717) is 19.4 Å². The molecule has 2 aliphatic rings. The third-order valence-electron chi connectivity index (χ3n) is 6.64. The van der Waals surface area contributed by atoms with E-state index in [2.05, 4.69) is 12.0 Å². The molecule has 0 aromatic heterocycles. The molecule has 2 aromatic carbocycles. The van der Waals surface area contributed by atoms with Gasteiger partial charge in [-0.2, -0.15) is 0 Å². The molecule has 1 fully saturated rings. The van der Waals surface area contributed by atoms with Gasteiger partial charge in [-0.1, -0.05) is 24.1 Å². The quantitative estimate of drug-likeness (QED) is 0.519. The van der Waals surface area contributed by atoms with Crippen LogP contribution in [0.4, 0.5) is 0 Å². The molecule has 0 bridgehead atoms. The number of aliphatic hydroxyl groups excluding tert-OH is 4. The molecule has 32 heavy (non-hydrogen) atoms. The lowest BCUT2D eigenvalue weighted by Gasteiger charge is -2.51. The zero-order valence-corrected chi connectivity index (χ0v) is 19.0. The van der Waals surface area contributed by atoms with E-state index in [-0.39, 0.29) is 6.61 Å². The van der Waals surface area contributed by atoms with Crippen LogP contribution in [0.5, 0.6) is 5.75 Å². The molecule has 5 nitrogen and oxygen atoms in total. The smallest absolute Gasteiger partial charge is 0.119 e. The van der Waals surface area contributed by atoms with Gasteiger partial charge < -0.3 is 25.2 Å². The molecule has 5 atom stereocenters. The van der Waals surface area contributed by atoms with E-state index in [9.17, 15) is 20.4 Å². The van der Waals surface area contributed by atoms with Crippen molar-refractivity contribution in [2.45, 2.75) is 60.9 Å². The van der Waals surface area contributed by atoms with Crippen LogP contribution in [-0.2, 0) is 17.6 Å². The van der Waals surface area contributed by atoms with Crippen molar-refractivity contribution >= 4 is 11.8 Å². The number of ether oxygens (including phenoxy) is 1. The normalized spacial score (nSPS) is 29.4. The van der Waals surface area contributed by atoms with Gasteiger partial charge in [0.25, 0.3) is 0 Å². The van der Waals surface area contributed by atoms with Crippen molar-refractivity contribution in [1.29, 1.82) is 0 Å². The lowest BCUT2D eigenvalue weighted by Crippen LogP contribution is -2.59. The number of thioether (sulfide) groups is 1. The molecule has 0 radical (unpaired) electrons. The average molecular weight is 455 g/mol. The predicted octanol–water partition coefficient (Wildman–Crippen LogP) is 2.38. The lowest BCUT2D eigenvalue weighted by molar-refractivity contribution is -0.0881. The van der Waals surface area contributed by atoms with E-state index >= 15 is 0 Å². The fourth-order valence-electron chi connectivity index (χ4n) is 5.00. The summed E-state index contributed by atoms with van der Waals surface area (Å²) in [5, 5.41) is 41.3. The maximum absolute atomic E-state index is 11.1. The standard InChI is InChI=1S/C26H30O5S/c1-3-17-13-18-6-5-11-26(25(30)24(29)23(28)22(15-27)32-26)21(18)14-19(17)12-16-7-9-20(10-8-16)31-4-2/h1,7-10,13-14,22-25,27-30H,4-6,11-12,15H2,2H3/t22-,23-,24+,25-,26+/m1/s1. The first kappa shape index (κ1) is 23.2. The van der Waals surface area contributed by atoms with Gasteiger partial charge >= 0.3 is 0 Å². The summed E-state index contributed by atoms with van der Waals surface area (Å²) >= 11 is 1.38. The number of hydrogen-bond acceptors (Lipinski definition) is 6. The van der Waals surface area contributed by atoms with Crippen molar-refractivity contribution in [2.75, 3.05) is 13.2 Å². The van der Waals surface area contributed by atoms with E-state index < -0.39 is 28.3 Å². The number of terminal acetylenes is 1. The van der Waals surface area contributed by atoms with Gasteiger partial charge in [0.15, 0.2) is 0 Å². The van der Waals surface area contributed by atoms with Crippen molar-refractivity contribution in [3.63, 3.8) is 0 Å². The van der Waals surface area contributed by atoms with Crippen molar-refractivity contribution in [2.24, 2.45) is 0 Å². The Bertz CT molecular complexity index is 997. The lowest BCUT2D eigenvalue weighted by atomic mass is 9.74. The number of fused-ring (bicyclic) bond motifs is 2. The summed E-state index contributed by atoms with van der Waals surface area (Å²) in [5.41, 5.74) is 4.90. The summed E-state index contributed by atoms with van der Waals surface area (Å²) in [5.74, 6) is 3.63. The highest BCUT2D eigenvalue weighted by molar-refractivity contribution is 8.01. The summed E-state index contributed by atoms with van der Waals surface area (Å²) in [6, 6.07) is 12.0. The Kier molecular flexibility index (Phi) is 6.85. The topological polar surface area (TPSA) is 90.2 Å². The third-order valence-corrected chi connectivity index (χ3v) is 8.45. The van der Waals surface area contributed by atoms with E-state index in [1.807, 2.05) is 37.3 Å². The second-order valence-electron chi connectivity index (χ2n) is 8.57. The van der Waals surface area contributed by atoms with Crippen molar-refractivity contribution in [3.8, 4) is 18.1 Å².